The number of nitrogen functional groups attached to an aromatic ring is 1. The van der Waals surface area contributed by atoms with Crippen LogP contribution in [0.15, 0.2) is 66.7 Å². The number of benzene rings is 3. The van der Waals surface area contributed by atoms with Crippen LogP contribution in [-0.2, 0) is 10.3 Å². The molecule has 2 aliphatic carbocycles. The van der Waals surface area contributed by atoms with Crippen LogP contribution < -0.4 is 27.3 Å². The number of nitrogens with two attached hydrogens (primary N) is 3. The van der Waals surface area contributed by atoms with Gasteiger partial charge < -0.3 is 32.4 Å². The molecule has 0 radical (unpaired) electrons. The second-order valence-electron chi connectivity index (χ2n) is 9.92. The second kappa shape index (κ2) is 9.21. The maximum Gasteiger partial charge on any atom is 0.262 e. The predicted molar refractivity (Wildman–Crippen MR) is 147 cm³/mol. The Kier molecular flexibility index (Phi) is 5.96. The number of amides is 1. The van der Waals surface area contributed by atoms with Crippen molar-refractivity contribution >= 4 is 38.8 Å². The maximum atomic E-state index is 13.9. The summed E-state index contributed by atoms with van der Waals surface area (Å²) in [5, 5.41) is 13.8. The first-order chi connectivity index (χ1) is 18.3. The van der Waals surface area contributed by atoms with Crippen LogP contribution in [0.1, 0.15) is 51.7 Å². The summed E-state index contributed by atoms with van der Waals surface area (Å²) in [6, 6.07) is 18.4. The van der Waals surface area contributed by atoms with Gasteiger partial charge in [0.25, 0.3) is 5.91 Å². The van der Waals surface area contributed by atoms with Gasteiger partial charge in [0.05, 0.1) is 27.8 Å². The Morgan fingerprint density at radius 3 is 2.42 bits per heavy atom. The van der Waals surface area contributed by atoms with Crippen molar-refractivity contribution in [3.05, 3.63) is 88.3 Å². The molecule has 0 spiro atoms. The van der Waals surface area contributed by atoms with Crippen molar-refractivity contribution in [2.45, 2.75) is 43.0 Å². The van der Waals surface area contributed by atoms with E-state index in [-0.39, 0.29) is 11.9 Å². The fraction of sp³-hybridized carbons (Fsp3) is 0.241. The molecule has 1 amide bonds. The van der Waals surface area contributed by atoms with Crippen LogP contribution in [0.2, 0.25) is 0 Å². The molecule has 8 nitrogen and oxygen atoms in total. The summed E-state index contributed by atoms with van der Waals surface area (Å²) >= 11 is 1.20. The number of carbonyl (C=O) groups excluding carboxylic acids is 2. The number of ether oxygens (including phenoxy) is 1. The van der Waals surface area contributed by atoms with E-state index in [4.69, 9.17) is 21.9 Å². The predicted octanol–water partition coefficient (Wildman–Crippen LogP) is 3.70. The zero-order chi connectivity index (χ0) is 26.6. The van der Waals surface area contributed by atoms with Crippen LogP contribution in [0.25, 0.3) is 10.1 Å². The number of rotatable bonds is 5. The first kappa shape index (κ1) is 24.6. The Morgan fingerprint density at radius 1 is 1.03 bits per heavy atom. The van der Waals surface area contributed by atoms with Gasteiger partial charge in [-0.1, -0.05) is 36.4 Å². The average Bonchev–Trinajstić information content (AvgIpc) is 3.52. The number of hydrogen-bond donors (Lipinski definition) is 5. The van der Waals surface area contributed by atoms with E-state index in [2.05, 4.69) is 5.32 Å². The van der Waals surface area contributed by atoms with Gasteiger partial charge in [0, 0.05) is 16.6 Å². The van der Waals surface area contributed by atoms with Gasteiger partial charge >= 0.3 is 0 Å². The molecular weight excluding hydrogens is 500 g/mol. The van der Waals surface area contributed by atoms with Crippen molar-refractivity contribution in [1.29, 1.82) is 0 Å². The number of Topliss-reactive ketones (excluding diaryl/α,β-unsaturated/α-hetero) is 1. The highest BCUT2D eigenvalue weighted by atomic mass is 32.1. The van der Waals surface area contributed by atoms with E-state index in [0.717, 1.165) is 6.42 Å². The Balaban J connectivity index is 1.43. The summed E-state index contributed by atoms with van der Waals surface area (Å²) < 4.78 is 6.56. The van der Waals surface area contributed by atoms with Gasteiger partial charge in [0.2, 0.25) is 0 Å². The molecule has 1 heterocycles. The molecular formula is C29H28N4O4S. The van der Waals surface area contributed by atoms with Crippen LogP contribution in [0.4, 0.5) is 5.69 Å². The van der Waals surface area contributed by atoms with E-state index in [1.165, 1.54) is 11.3 Å². The molecule has 2 aliphatic rings. The molecule has 9 heteroatoms. The summed E-state index contributed by atoms with van der Waals surface area (Å²) in [7, 11) is 0. The Hall–Kier alpha value is -3.76. The molecule has 1 fully saturated rings. The molecule has 0 aliphatic heterocycles. The first-order valence-electron chi connectivity index (χ1n) is 12.6. The molecule has 3 aromatic carbocycles. The summed E-state index contributed by atoms with van der Waals surface area (Å²) in [4.78, 5) is 27.6. The number of nitrogens with one attached hydrogen (secondary N) is 1. The van der Waals surface area contributed by atoms with Crippen LogP contribution in [0.3, 0.4) is 0 Å². The first-order valence-corrected chi connectivity index (χ1v) is 13.4. The lowest BCUT2D eigenvalue weighted by Gasteiger charge is -2.36. The van der Waals surface area contributed by atoms with Crippen molar-refractivity contribution < 1.29 is 19.4 Å². The highest BCUT2D eigenvalue weighted by Crippen LogP contribution is 2.49. The monoisotopic (exact) mass is 528 g/mol. The molecule has 2 unspecified atom stereocenters. The largest absolute Gasteiger partial charge is 0.457 e. The van der Waals surface area contributed by atoms with Crippen LogP contribution in [0, 0.1) is 0 Å². The molecule has 0 saturated heterocycles. The van der Waals surface area contributed by atoms with E-state index in [9.17, 15) is 14.7 Å². The van der Waals surface area contributed by atoms with Crippen LogP contribution in [-0.4, -0.2) is 28.9 Å². The van der Waals surface area contributed by atoms with Crippen LogP contribution >= 0.6 is 11.3 Å². The highest BCUT2D eigenvalue weighted by Gasteiger charge is 2.49. The molecule has 38 heavy (non-hydrogen) atoms. The van der Waals surface area contributed by atoms with Gasteiger partial charge in [0.15, 0.2) is 5.78 Å². The lowest BCUT2D eigenvalue weighted by Crippen LogP contribution is -2.52. The number of thiophene rings is 1. The number of hydrogen-bond acceptors (Lipinski definition) is 8. The smallest absolute Gasteiger partial charge is 0.262 e. The van der Waals surface area contributed by atoms with E-state index in [0.29, 0.717) is 61.7 Å². The second-order valence-corrected chi connectivity index (χ2v) is 10.9. The number of ketones is 1. The average molecular weight is 529 g/mol. The van der Waals surface area contributed by atoms with Crippen molar-refractivity contribution in [2.75, 3.05) is 5.73 Å². The Labute approximate surface area is 223 Å². The standard InChI is InChI=1S/C29H28N4O4S/c30-19-14-13-18-22-23(26(38-25(19)22)28(36)33-20-7-4-8-21(20)34)24(31)27(35)29(18,32)15-9-11-17(12-10-15)37-16-5-2-1-3-6-16/h1-3,5-6,9-14,20-21,24,34H,4,7-8,30-32H2,(H,33,36)/t20-,21-,24?,29?/m1/s1. The zero-order valence-electron chi connectivity index (χ0n) is 20.5. The van der Waals surface area contributed by atoms with E-state index in [1.807, 2.05) is 30.3 Å². The minimum atomic E-state index is -1.54. The number of aliphatic hydroxyl groups is 1. The van der Waals surface area contributed by atoms with Crippen molar-refractivity contribution in [3.63, 3.8) is 0 Å². The number of anilines is 1. The highest BCUT2D eigenvalue weighted by molar-refractivity contribution is 7.21. The quantitative estimate of drug-likeness (QED) is 0.248. The molecule has 6 rings (SSSR count). The Morgan fingerprint density at radius 2 is 1.74 bits per heavy atom. The molecule has 194 valence electrons. The van der Waals surface area contributed by atoms with Crippen molar-refractivity contribution in [2.24, 2.45) is 11.5 Å². The lowest BCUT2D eigenvalue weighted by molar-refractivity contribution is -0.124. The van der Waals surface area contributed by atoms with E-state index < -0.39 is 23.5 Å². The minimum absolute atomic E-state index is 0.327. The Bertz CT molecular complexity index is 1550. The van der Waals surface area contributed by atoms with Crippen molar-refractivity contribution in [3.8, 4) is 11.5 Å². The molecule has 8 N–H and O–H groups in total. The van der Waals surface area contributed by atoms with Crippen molar-refractivity contribution in [1.82, 2.24) is 5.32 Å². The fourth-order valence-corrected chi connectivity index (χ4v) is 6.80. The van der Waals surface area contributed by atoms with Crippen LogP contribution in [0.5, 0.6) is 11.5 Å². The molecule has 1 aromatic heterocycles. The van der Waals surface area contributed by atoms with Gasteiger partial charge in [-0.15, -0.1) is 11.3 Å². The minimum Gasteiger partial charge on any atom is -0.457 e. The van der Waals surface area contributed by atoms with Gasteiger partial charge in [-0.2, -0.15) is 0 Å². The third-order valence-electron chi connectivity index (χ3n) is 7.60. The third kappa shape index (κ3) is 3.78. The zero-order valence-corrected chi connectivity index (χ0v) is 21.3. The fourth-order valence-electron chi connectivity index (χ4n) is 5.60. The topological polar surface area (TPSA) is 154 Å². The molecule has 4 atom stereocenters. The summed E-state index contributed by atoms with van der Waals surface area (Å²) in [5.41, 5.74) is 20.3. The summed E-state index contributed by atoms with van der Waals surface area (Å²) in [6.07, 6.45) is 1.59. The van der Waals surface area contributed by atoms with Gasteiger partial charge in [-0.05, 0) is 60.7 Å². The maximum absolute atomic E-state index is 13.9. The van der Waals surface area contributed by atoms with E-state index in [1.54, 1.807) is 36.4 Å². The molecule has 0 bridgehead atoms. The van der Waals surface area contributed by atoms with Gasteiger partial charge in [-0.3, -0.25) is 9.59 Å². The lowest BCUT2D eigenvalue weighted by atomic mass is 9.70. The number of para-hydroxylation sites is 1. The number of carbonyl (C=O) groups is 2. The normalized spacial score (nSPS) is 24.5. The molecule has 1 saturated carbocycles. The number of aliphatic hydroxyl groups excluding tert-OH is 1. The third-order valence-corrected chi connectivity index (χ3v) is 8.86. The SMILES string of the molecule is Nc1ccc2c3c(c(C(=O)N[C@@H]4CCC[C@H]4O)sc13)C(N)C(=O)C2(N)c1ccc(Oc2ccccc2)cc1. The van der Waals surface area contributed by atoms with Gasteiger partial charge in [-0.25, -0.2) is 0 Å². The summed E-state index contributed by atoms with van der Waals surface area (Å²) in [5.74, 6) is 0.509. The molecule has 4 aromatic rings. The summed E-state index contributed by atoms with van der Waals surface area (Å²) in [6.45, 7) is 0. The van der Waals surface area contributed by atoms with E-state index >= 15 is 0 Å². The van der Waals surface area contributed by atoms with Gasteiger partial charge in [0.1, 0.15) is 17.0 Å².